The number of phenols is 1. The van der Waals surface area contributed by atoms with E-state index in [1.807, 2.05) is 0 Å². The highest BCUT2D eigenvalue weighted by Crippen LogP contribution is 2.45. The lowest BCUT2D eigenvalue weighted by Gasteiger charge is -2.22. The number of amides is 1. The number of benzene rings is 1. The number of hydrogen-bond donors (Lipinski definition) is 2. The van der Waals surface area contributed by atoms with E-state index in [1.165, 1.54) is 29.8 Å². The second-order valence-electron chi connectivity index (χ2n) is 7.68. The molecule has 0 saturated carbocycles. The van der Waals surface area contributed by atoms with Crippen molar-refractivity contribution in [1.29, 1.82) is 0 Å². The van der Waals surface area contributed by atoms with Crippen molar-refractivity contribution in [2.75, 3.05) is 5.32 Å². The van der Waals surface area contributed by atoms with Crippen LogP contribution in [0.3, 0.4) is 0 Å². The molecule has 0 bridgehead atoms. The largest absolute Gasteiger partial charge is 0.507 e. The topological polar surface area (TPSA) is 122 Å². The third-order valence-electron chi connectivity index (χ3n) is 5.49. The molecule has 3 aromatic rings. The van der Waals surface area contributed by atoms with Gasteiger partial charge in [0.25, 0.3) is 5.91 Å². The molecule has 1 atom stereocenters. The fourth-order valence-corrected chi connectivity index (χ4v) is 7.02. The standard InChI is InChI=1S/C22H20ClN3O5S2/c1-11-10-12(2)18(27)13(3)17(11)25-21(28)19-15(6-9-32-19)33(29,30)22(7-5-8-24-22)20-16(23)14(4)26-31-20/h5-10,27H,1-4H3,(H,25,28). The first-order valence-electron chi connectivity index (χ1n) is 9.79. The number of aliphatic imine (C=N–C) groups is 1. The van der Waals surface area contributed by atoms with Gasteiger partial charge in [-0.2, -0.15) is 0 Å². The summed E-state index contributed by atoms with van der Waals surface area (Å²) in [7, 11) is -4.33. The number of aromatic nitrogens is 1. The Morgan fingerprint density at radius 2 is 1.97 bits per heavy atom. The predicted octanol–water partition coefficient (Wildman–Crippen LogP) is 4.85. The quantitative estimate of drug-likeness (QED) is 0.511. The van der Waals surface area contributed by atoms with Crippen molar-refractivity contribution in [3.63, 3.8) is 0 Å². The molecule has 1 aromatic carbocycles. The number of phenolic OH excluding ortho intramolecular Hbond substituents is 1. The molecule has 1 unspecified atom stereocenters. The van der Waals surface area contributed by atoms with E-state index >= 15 is 0 Å². The molecule has 1 aliphatic heterocycles. The van der Waals surface area contributed by atoms with E-state index in [1.54, 1.807) is 33.8 Å². The van der Waals surface area contributed by atoms with Gasteiger partial charge in [-0.15, -0.1) is 11.3 Å². The number of hydrogen-bond acceptors (Lipinski definition) is 8. The maximum atomic E-state index is 13.9. The van der Waals surface area contributed by atoms with Crippen molar-refractivity contribution >= 4 is 50.6 Å². The highest BCUT2D eigenvalue weighted by Gasteiger charge is 2.52. The van der Waals surface area contributed by atoms with Crippen LogP contribution in [0.2, 0.25) is 5.02 Å². The molecule has 4 rings (SSSR count). The van der Waals surface area contributed by atoms with Crippen molar-refractivity contribution in [2.24, 2.45) is 4.99 Å². The van der Waals surface area contributed by atoms with E-state index in [4.69, 9.17) is 16.1 Å². The molecule has 1 amide bonds. The molecule has 0 radical (unpaired) electrons. The molecule has 11 heteroatoms. The van der Waals surface area contributed by atoms with Crippen molar-refractivity contribution in [3.05, 3.63) is 67.7 Å². The smallest absolute Gasteiger partial charge is 0.267 e. The monoisotopic (exact) mass is 505 g/mol. The molecule has 0 aliphatic carbocycles. The number of halogens is 1. The lowest BCUT2D eigenvalue weighted by atomic mass is 10.0. The van der Waals surface area contributed by atoms with Crippen molar-refractivity contribution in [1.82, 2.24) is 5.16 Å². The molecule has 33 heavy (non-hydrogen) atoms. The normalized spacial score (nSPS) is 17.6. The van der Waals surface area contributed by atoms with Crippen LogP contribution < -0.4 is 5.32 Å². The number of allylic oxidation sites excluding steroid dienone is 1. The van der Waals surface area contributed by atoms with Crippen LogP contribution in [0.25, 0.3) is 0 Å². The Hall–Kier alpha value is -2.95. The minimum Gasteiger partial charge on any atom is -0.507 e. The predicted molar refractivity (Wildman–Crippen MR) is 127 cm³/mol. The molecule has 8 nitrogen and oxygen atoms in total. The Morgan fingerprint density at radius 1 is 1.24 bits per heavy atom. The SMILES string of the molecule is Cc1cc(C)c(NC(=O)c2sccc2S(=O)(=O)C2(c3onc(C)c3Cl)C=CC=N2)c(C)c1O. The fourth-order valence-electron chi connectivity index (χ4n) is 3.75. The lowest BCUT2D eigenvalue weighted by Crippen LogP contribution is -2.32. The zero-order chi connectivity index (χ0) is 24.1. The Labute approximate surface area is 199 Å². The first-order valence-corrected chi connectivity index (χ1v) is 12.5. The number of rotatable bonds is 5. The zero-order valence-electron chi connectivity index (χ0n) is 18.1. The highest BCUT2D eigenvalue weighted by atomic mass is 35.5. The molecule has 0 saturated heterocycles. The number of anilines is 1. The van der Waals surface area contributed by atoms with Gasteiger partial charge in [-0.1, -0.05) is 22.8 Å². The van der Waals surface area contributed by atoms with E-state index < -0.39 is 20.6 Å². The first kappa shape index (κ1) is 23.2. The number of nitrogens with one attached hydrogen (secondary N) is 1. The van der Waals surface area contributed by atoms with Crippen LogP contribution >= 0.6 is 22.9 Å². The van der Waals surface area contributed by atoms with E-state index in [9.17, 15) is 18.3 Å². The number of nitrogens with zero attached hydrogens (tertiary/aromatic N) is 2. The molecule has 0 fully saturated rings. The number of sulfone groups is 1. The van der Waals surface area contributed by atoms with Crippen LogP contribution in [-0.2, 0) is 14.7 Å². The summed E-state index contributed by atoms with van der Waals surface area (Å²) < 4.78 is 33.0. The molecule has 1 aliphatic rings. The molecular formula is C22H20ClN3O5S2. The van der Waals surface area contributed by atoms with Crippen LogP contribution in [0.1, 0.15) is 37.8 Å². The molecule has 2 aromatic heterocycles. The van der Waals surface area contributed by atoms with Gasteiger partial charge in [0.1, 0.15) is 15.6 Å². The van der Waals surface area contributed by atoms with Gasteiger partial charge in [0.05, 0.1) is 16.3 Å². The summed E-state index contributed by atoms with van der Waals surface area (Å²) in [5.74, 6) is -0.701. The average molecular weight is 506 g/mol. The Morgan fingerprint density at radius 3 is 2.58 bits per heavy atom. The van der Waals surface area contributed by atoms with Crippen LogP contribution in [0, 0.1) is 27.7 Å². The summed E-state index contributed by atoms with van der Waals surface area (Å²) in [6, 6.07) is 3.09. The Bertz CT molecular complexity index is 1440. The summed E-state index contributed by atoms with van der Waals surface area (Å²) in [6.45, 7) is 6.82. The van der Waals surface area contributed by atoms with Crippen LogP contribution in [0.15, 0.2) is 44.1 Å². The number of thiophene rings is 1. The lowest BCUT2D eigenvalue weighted by molar-refractivity contribution is 0.102. The Balaban J connectivity index is 1.80. The summed E-state index contributed by atoms with van der Waals surface area (Å²) in [5.41, 5.74) is 2.65. The van der Waals surface area contributed by atoms with Gasteiger partial charge in [-0.3, -0.25) is 9.79 Å². The van der Waals surface area contributed by atoms with Crippen molar-refractivity contribution in [2.45, 2.75) is 37.5 Å². The third kappa shape index (κ3) is 3.49. The van der Waals surface area contributed by atoms with Gasteiger partial charge in [0.15, 0.2) is 0 Å². The van der Waals surface area contributed by atoms with Gasteiger partial charge in [0, 0.05) is 11.8 Å². The summed E-state index contributed by atoms with van der Waals surface area (Å²) in [5, 5.41) is 18.3. The van der Waals surface area contributed by atoms with E-state index in [-0.39, 0.29) is 26.3 Å². The maximum absolute atomic E-state index is 13.9. The average Bonchev–Trinajstić information content (AvgIpc) is 3.51. The molecule has 2 N–H and O–H groups in total. The van der Waals surface area contributed by atoms with Crippen LogP contribution in [0.5, 0.6) is 5.75 Å². The number of aryl methyl sites for hydroxylation is 3. The van der Waals surface area contributed by atoms with Crippen molar-refractivity contribution < 1.29 is 22.8 Å². The number of carbonyl (C=O) groups excluding carboxylic acids is 1. The van der Waals surface area contributed by atoms with Crippen LogP contribution in [-0.4, -0.2) is 30.8 Å². The molecular weight excluding hydrogens is 486 g/mol. The van der Waals surface area contributed by atoms with Gasteiger partial charge in [-0.05, 0) is 62.4 Å². The van der Waals surface area contributed by atoms with Gasteiger partial charge in [-0.25, -0.2) is 8.42 Å². The fraction of sp³-hybridized carbons (Fsp3) is 0.227. The zero-order valence-corrected chi connectivity index (χ0v) is 20.5. The van der Waals surface area contributed by atoms with Gasteiger partial charge < -0.3 is 14.9 Å². The molecule has 0 spiro atoms. The number of aromatic hydroxyl groups is 1. The third-order valence-corrected chi connectivity index (χ3v) is 9.15. The number of carbonyl (C=O) groups is 1. The first-order chi connectivity index (χ1) is 15.5. The summed E-state index contributed by atoms with van der Waals surface area (Å²) >= 11 is 7.27. The van der Waals surface area contributed by atoms with Crippen molar-refractivity contribution in [3.8, 4) is 5.75 Å². The summed E-state index contributed by atoms with van der Waals surface area (Å²) in [6.07, 6.45) is 4.15. The van der Waals surface area contributed by atoms with Gasteiger partial charge in [0.2, 0.25) is 20.5 Å². The minimum absolute atomic E-state index is 0.0314. The summed E-state index contributed by atoms with van der Waals surface area (Å²) in [4.78, 5) is 15.2. The second kappa shape index (κ2) is 8.12. The second-order valence-corrected chi connectivity index (χ2v) is 11.0. The minimum atomic E-state index is -4.33. The van der Waals surface area contributed by atoms with E-state index in [0.717, 1.165) is 16.9 Å². The van der Waals surface area contributed by atoms with E-state index in [0.29, 0.717) is 22.5 Å². The molecule has 172 valence electrons. The van der Waals surface area contributed by atoms with Gasteiger partial charge >= 0.3 is 0 Å². The maximum Gasteiger partial charge on any atom is 0.267 e. The van der Waals surface area contributed by atoms with Crippen LogP contribution in [0.4, 0.5) is 5.69 Å². The highest BCUT2D eigenvalue weighted by molar-refractivity contribution is 7.92. The van der Waals surface area contributed by atoms with E-state index in [2.05, 4.69) is 15.5 Å². The molecule has 3 heterocycles. The Kier molecular flexibility index (Phi) is 5.71.